The van der Waals surface area contributed by atoms with E-state index >= 15 is 0 Å². The van der Waals surface area contributed by atoms with E-state index in [9.17, 15) is 9.18 Å². The van der Waals surface area contributed by atoms with Crippen LogP contribution in [0, 0.1) is 11.7 Å². The smallest absolute Gasteiger partial charge is 0.251 e. The molecule has 0 aromatic heterocycles. The van der Waals surface area contributed by atoms with Crippen LogP contribution >= 0.6 is 0 Å². The molecule has 7 heteroatoms. The highest BCUT2D eigenvalue weighted by Gasteiger charge is 2.40. The number of hydrazine groups is 1. The van der Waals surface area contributed by atoms with Crippen LogP contribution in [0.25, 0.3) is 0 Å². The van der Waals surface area contributed by atoms with E-state index in [-0.39, 0.29) is 11.6 Å². The molecule has 1 aromatic carbocycles. The third-order valence-electron chi connectivity index (χ3n) is 4.88. The lowest BCUT2D eigenvalue weighted by molar-refractivity contribution is 0.100. The Labute approximate surface area is 133 Å². The second kappa shape index (κ2) is 5.21. The van der Waals surface area contributed by atoms with E-state index in [1.807, 2.05) is 5.01 Å². The Morgan fingerprint density at radius 1 is 1.35 bits per heavy atom. The number of nitrogens with zero attached hydrogens (tertiary/aromatic N) is 1. The van der Waals surface area contributed by atoms with Crippen molar-refractivity contribution < 1.29 is 9.18 Å². The van der Waals surface area contributed by atoms with Crippen molar-refractivity contribution in [2.75, 3.05) is 23.4 Å². The zero-order valence-corrected chi connectivity index (χ0v) is 12.9. The van der Waals surface area contributed by atoms with Crippen molar-refractivity contribution in [2.24, 2.45) is 11.7 Å². The van der Waals surface area contributed by atoms with Crippen LogP contribution in [0.3, 0.4) is 0 Å². The van der Waals surface area contributed by atoms with Gasteiger partial charge in [0.15, 0.2) is 0 Å². The van der Waals surface area contributed by atoms with E-state index in [4.69, 9.17) is 5.73 Å². The number of nitrogens with one attached hydrogen (secondary N) is 3. The average Bonchev–Trinajstić information content (AvgIpc) is 3.01. The normalized spacial score (nSPS) is 23.7. The lowest BCUT2D eigenvalue weighted by Gasteiger charge is -2.26. The number of carbonyl (C=O) groups is 1. The summed E-state index contributed by atoms with van der Waals surface area (Å²) in [6.07, 6.45) is 2.15. The second-order valence-electron chi connectivity index (χ2n) is 6.35. The van der Waals surface area contributed by atoms with Crippen molar-refractivity contribution in [1.29, 1.82) is 0 Å². The highest BCUT2D eigenvalue weighted by Crippen LogP contribution is 2.45. The van der Waals surface area contributed by atoms with Crippen LogP contribution < -0.4 is 26.8 Å². The van der Waals surface area contributed by atoms with Gasteiger partial charge in [-0.3, -0.25) is 9.80 Å². The largest absolute Gasteiger partial charge is 0.366 e. The van der Waals surface area contributed by atoms with Gasteiger partial charge in [0.2, 0.25) is 0 Å². The van der Waals surface area contributed by atoms with Crippen LogP contribution in [0.5, 0.6) is 0 Å². The molecule has 0 radical (unpaired) electrons. The minimum Gasteiger partial charge on any atom is -0.366 e. The minimum absolute atomic E-state index is 0.166. The highest BCUT2D eigenvalue weighted by molar-refractivity contribution is 6.04. The molecule has 122 valence electrons. The number of anilines is 2. The van der Waals surface area contributed by atoms with Gasteiger partial charge in [0.25, 0.3) is 5.91 Å². The number of piperidine rings is 1. The number of hydrogen-bond donors (Lipinski definition) is 4. The Kier molecular flexibility index (Phi) is 3.28. The molecule has 0 spiro atoms. The average molecular weight is 317 g/mol. The molecule has 1 saturated heterocycles. The highest BCUT2D eigenvalue weighted by atomic mass is 19.1. The quantitative estimate of drug-likeness (QED) is 0.660. The first-order valence-electron chi connectivity index (χ1n) is 7.97. The number of primary amides is 1. The van der Waals surface area contributed by atoms with Gasteiger partial charge < -0.3 is 16.4 Å². The summed E-state index contributed by atoms with van der Waals surface area (Å²) in [6.45, 7) is 4.11. The summed E-state index contributed by atoms with van der Waals surface area (Å²) in [7, 11) is 0. The third kappa shape index (κ3) is 2.19. The molecule has 0 bridgehead atoms. The van der Waals surface area contributed by atoms with Gasteiger partial charge in [-0.2, -0.15) is 0 Å². The van der Waals surface area contributed by atoms with Gasteiger partial charge in [0.05, 0.1) is 16.9 Å². The molecule has 4 rings (SSSR count). The van der Waals surface area contributed by atoms with Crippen LogP contribution in [0.1, 0.15) is 30.1 Å². The molecule has 1 aromatic rings. The molecular weight excluding hydrogens is 297 g/mol. The second-order valence-corrected chi connectivity index (χ2v) is 6.35. The molecule has 6 nitrogen and oxygen atoms in total. The molecule has 1 fully saturated rings. The third-order valence-corrected chi connectivity index (χ3v) is 4.88. The number of nitrogens with two attached hydrogens (primary N) is 1. The molecular formula is C16H20FN5O. The summed E-state index contributed by atoms with van der Waals surface area (Å²) in [5.41, 5.74) is 11.5. The Hall–Kier alpha value is -2.12. The summed E-state index contributed by atoms with van der Waals surface area (Å²) in [5.74, 6) is 0.298. The van der Waals surface area contributed by atoms with Crippen molar-refractivity contribution in [3.05, 3.63) is 34.9 Å². The molecule has 5 N–H and O–H groups in total. The molecule has 1 unspecified atom stereocenters. The number of fused-ring (bicyclic) bond motifs is 3. The maximum Gasteiger partial charge on any atom is 0.251 e. The lowest BCUT2D eigenvalue weighted by Crippen LogP contribution is -2.37. The number of benzene rings is 1. The molecule has 3 heterocycles. The first-order chi connectivity index (χ1) is 11.1. The van der Waals surface area contributed by atoms with Gasteiger partial charge in [-0.1, -0.05) is 0 Å². The molecule has 1 atom stereocenters. The number of rotatable bonds is 2. The molecule has 3 aliphatic rings. The van der Waals surface area contributed by atoms with Crippen LogP contribution in [0.2, 0.25) is 0 Å². The first kappa shape index (κ1) is 14.5. The van der Waals surface area contributed by atoms with Crippen LogP contribution in [0.4, 0.5) is 15.8 Å². The maximum atomic E-state index is 13.8. The number of hydrogen-bond acceptors (Lipinski definition) is 5. The first-order valence-corrected chi connectivity index (χ1v) is 7.97. The van der Waals surface area contributed by atoms with Crippen molar-refractivity contribution in [3.63, 3.8) is 0 Å². The number of carbonyl (C=O) groups excluding carboxylic acids is 1. The van der Waals surface area contributed by atoms with Gasteiger partial charge in [0.1, 0.15) is 11.6 Å². The Morgan fingerprint density at radius 2 is 2.09 bits per heavy atom. The number of halogens is 1. The fourth-order valence-corrected chi connectivity index (χ4v) is 3.90. The molecule has 23 heavy (non-hydrogen) atoms. The molecule has 0 aliphatic carbocycles. The topological polar surface area (TPSA) is 82.4 Å². The summed E-state index contributed by atoms with van der Waals surface area (Å²) in [5, 5.41) is 8.52. The van der Waals surface area contributed by atoms with Gasteiger partial charge in [-0.15, -0.1) is 0 Å². The fourth-order valence-electron chi connectivity index (χ4n) is 3.90. The molecule has 1 amide bonds. The van der Waals surface area contributed by atoms with Crippen LogP contribution in [-0.4, -0.2) is 25.0 Å². The summed E-state index contributed by atoms with van der Waals surface area (Å²) < 4.78 is 13.8. The van der Waals surface area contributed by atoms with E-state index < -0.39 is 11.7 Å². The standard InChI is InChI=1S/C16H20FN5O/c1-8-13(9-2-4-19-5-3-9)16-20-12-7-10(17)6-11(15(18)23)14(12)22(16)21-8/h6-9,19-21H,2-5H2,1H3,(H2,18,23). The van der Waals surface area contributed by atoms with Crippen molar-refractivity contribution >= 4 is 17.3 Å². The number of amides is 1. The Bertz CT molecular complexity index is 711. The Balaban J connectivity index is 1.80. The van der Waals surface area contributed by atoms with Gasteiger partial charge in [-0.25, -0.2) is 9.82 Å². The van der Waals surface area contributed by atoms with Crippen molar-refractivity contribution in [2.45, 2.75) is 25.8 Å². The Morgan fingerprint density at radius 3 is 2.78 bits per heavy atom. The van der Waals surface area contributed by atoms with Crippen molar-refractivity contribution in [3.8, 4) is 0 Å². The van der Waals surface area contributed by atoms with E-state index in [1.54, 1.807) is 0 Å². The van der Waals surface area contributed by atoms with Crippen LogP contribution in [-0.2, 0) is 0 Å². The predicted octanol–water partition coefficient (Wildman–Crippen LogP) is 1.27. The summed E-state index contributed by atoms with van der Waals surface area (Å²) >= 11 is 0. The summed E-state index contributed by atoms with van der Waals surface area (Å²) in [6, 6.07) is 2.76. The van der Waals surface area contributed by atoms with Crippen LogP contribution in [0.15, 0.2) is 23.5 Å². The SMILES string of the molecule is CC1NN2C(=C1C1CCNCC1)Nc1cc(F)cc(C(N)=O)c12. The van der Waals surface area contributed by atoms with Gasteiger partial charge >= 0.3 is 0 Å². The molecule has 0 saturated carbocycles. The van der Waals surface area contributed by atoms with Gasteiger partial charge in [0, 0.05) is 6.04 Å². The monoisotopic (exact) mass is 317 g/mol. The fraction of sp³-hybridized carbons (Fsp3) is 0.438. The van der Waals surface area contributed by atoms with E-state index in [2.05, 4.69) is 23.0 Å². The minimum atomic E-state index is -0.631. The van der Waals surface area contributed by atoms with Crippen molar-refractivity contribution in [1.82, 2.24) is 10.7 Å². The van der Waals surface area contributed by atoms with E-state index in [0.717, 1.165) is 31.8 Å². The lowest BCUT2D eigenvalue weighted by atomic mass is 9.87. The molecule has 3 aliphatic heterocycles. The summed E-state index contributed by atoms with van der Waals surface area (Å²) in [4.78, 5) is 11.7. The predicted molar refractivity (Wildman–Crippen MR) is 86.2 cm³/mol. The zero-order valence-electron chi connectivity index (χ0n) is 12.9. The maximum absolute atomic E-state index is 13.8. The van der Waals surface area contributed by atoms with Gasteiger partial charge in [-0.05, 0) is 56.5 Å². The van der Waals surface area contributed by atoms with E-state index in [0.29, 0.717) is 17.3 Å². The zero-order chi connectivity index (χ0) is 16.1. The van der Waals surface area contributed by atoms with E-state index in [1.165, 1.54) is 17.7 Å².